The van der Waals surface area contributed by atoms with Crippen molar-refractivity contribution in [1.29, 1.82) is 0 Å². The molecule has 3 heterocycles. The molecule has 7 heteroatoms. The third-order valence-corrected chi connectivity index (χ3v) is 5.81. The molecule has 2 aromatic rings. The zero-order valence-corrected chi connectivity index (χ0v) is 17.8. The van der Waals surface area contributed by atoms with Crippen LogP contribution in [-0.4, -0.2) is 46.0 Å². The van der Waals surface area contributed by atoms with Gasteiger partial charge in [0.05, 0.1) is 18.8 Å². The Bertz CT molecular complexity index is 919. The van der Waals surface area contributed by atoms with Gasteiger partial charge in [0, 0.05) is 31.3 Å². The minimum Gasteiger partial charge on any atom is -0.493 e. The smallest absolute Gasteiger partial charge is 0.410 e. The van der Waals surface area contributed by atoms with Crippen molar-refractivity contribution in [1.82, 2.24) is 9.47 Å². The molecular formula is C23H30N2O5. The monoisotopic (exact) mass is 414 g/mol. The van der Waals surface area contributed by atoms with E-state index in [4.69, 9.17) is 9.47 Å². The highest BCUT2D eigenvalue weighted by Crippen LogP contribution is 2.59. The number of benzene rings is 1. The van der Waals surface area contributed by atoms with Gasteiger partial charge in [0.2, 0.25) is 0 Å². The highest BCUT2D eigenvalue weighted by atomic mass is 16.6. The zero-order chi connectivity index (χ0) is 21.8. The fraction of sp³-hybridized carbons (Fsp3) is 0.478. The summed E-state index contributed by atoms with van der Waals surface area (Å²) < 4.78 is 12.8. The number of amides is 1. The van der Waals surface area contributed by atoms with Gasteiger partial charge in [-0.2, -0.15) is 0 Å². The average Bonchev–Trinajstić information content (AvgIpc) is 3.26. The second-order valence-electron chi connectivity index (χ2n) is 7.96. The number of ether oxygens (including phenoxy) is 2. The predicted molar refractivity (Wildman–Crippen MR) is 113 cm³/mol. The Labute approximate surface area is 176 Å². The van der Waals surface area contributed by atoms with Gasteiger partial charge in [-0.15, -0.1) is 0 Å². The summed E-state index contributed by atoms with van der Waals surface area (Å²) in [6.45, 7) is 4.98. The lowest BCUT2D eigenvalue weighted by atomic mass is 9.62. The molecular weight excluding hydrogens is 384 g/mol. The Balaban J connectivity index is 0.00000124. The van der Waals surface area contributed by atoms with Crippen LogP contribution in [0.25, 0.3) is 0 Å². The van der Waals surface area contributed by atoms with Gasteiger partial charge >= 0.3 is 6.09 Å². The van der Waals surface area contributed by atoms with E-state index in [1.165, 1.54) is 10.6 Å². The quantitative estimate of drug-likeness (QED) is 0.786. The van der Waals surface area contributed by atoms with Crippen LogP contribution in [0.3, 0.4) is 0 Å². The first-order valence-corrected chi connectivity index (χ1v) is 10.3. The number of aryl methyl sites for hydroxylation is 1. The number of nitrogens with zero attached hydrogens (tertiary/aromatic N) is 2. The van der Waals surface area contributed by atoms with Gasteiger partial charge in [-0.05, 0) is 24.5 Å². The molecule has 0 unspecified atom stereocenters. The SMILES string of the molecule is CC.Cn1ccc(OCC23CN(C(=O)OCc4ccccc4)C(CO)(C2)C3)cc1=O. The Kier molecular flexibility index (Phi) is 6.51. The zero-order valence-electron chi connectivity index (χ0n) is 17.8. The highest BCUT2D eigenvalue weighted by Gasteiger charge is 2.67. The molecule has 2 aliphatic heterocycles. The van der Waals surface area contributed by atoms with E-state index in [-0.39, 0.29) is 24.2 Å². The lowest BCUT2D eigenvalue weighted by Crippen LogP contribution is -2.54. The lowest BCUT2D eigenvalue weighted by molar-refractivity contribution is -0.0129. The Morgan fingerprint density at radius 3 is 2.50 bits per heavy atom. The van der Waals surface area contributed by atoms with E-state index in [1.807, 2.05) is 44.2 Å². The van der Waals surface area contributed by atoms with E-state index in [2.05, 4.69) is 0 Å². The summed E-state index contributed by atoms with van der Waals surface area (Å²) in [6.07, 6.45) is 2.59. The van der Waals surface area contributed by atoms with E-state index < -0.39 is 11.6 Å². The molecule has 1 aromatic carbocycles. The molecule has 7 nitrogen and oxygen atoms in total. The van der Waals surface area contributed by atoms with Crippen LogP contribution in [-0.2, 0) is 18.4 Å². The number of hydrogen-bond acceptors (Lipinski definition) is 5. The van der Waals surface area contributed by atoms with E-state index in [0.29, 0.717) is 31.7 Å². The molecule has 0 radical (unpaired) electrons. The number of aliphatic hydroxyl groups is 1. The number of carbonyl (C=O) groups excluding carboxylic acids is 1. The van der Waals surface area contributed by atoms with Crippen molar-refractivity contribution in [2.24, 2.45) is 12.5 Å². The minimum absolute atomic E-state index is 0.0962. The first-order valence-electron chi connectivity index (χ1n) is 10.3. The Morgan fingerprint density at radius 2 is 1.87 bits per heavy atom. The average molecular weight is 415 g/mol. The highest BCUT2D eigenvalue weighted by molar-refractivity contribution is 5.70. The molecule has 3 fully saturated rings. The van der Waals surface area contributed by atoms with Crippen molar-refractivity contribution in [2.45, 2.75) is 38.8 Å². The maximum absolute atomic E-state index is 12.6. The van der Waals surface area contributed by atoms with E-state index in [0.717, 1.165) is 5.56 Å². The Morgan fingerprint density at radius 1 is 1.17 bits per heavy atom. The number of carbonyl (C=O) groups is 1. The fourth-order valence-electron chi connectivity index (χ4n) is 4.41. The molecule has 1 aliphatic carbocycles. The second-order valence-corrected chi connectivity index (χ2v) is 7.96. The summed E-state index contributed by atoms with van der Waals surface area (Å²) in [5, 5.41) is 9.90. The van der Waals surface area contributed by atoms with E-state index in [1.54, 1.807) is 24.2 Å². The number of hydrogen-bond donors (Lipinski definition) is 1. The van der Waals surface area contributed by atoms with Gasteiger partial charge < -0.3 is 19.1 Å². The molecule has 30 heavy (non-hydrogen) atoms. The van der Waals surface area contributed by atoms with Gasteiger partial charge in [-0.1, -0.05) is 44.2 Å². The van der Waals surface area contributed by atoms with Gasteiger partial charge in [-0.25, -0.2) is 4.79 Å². The number of aliphatic hydroxyl groups excluding tert-OH is 1. The van der Waals surface area contributed by atoms with Crippen molar-refractivity contribution >= 4 is 6.09 Å². The molecule has 1 saturated carbocycles. The molecule has 162 valence electrons. The van der Waals surface area contributed by atoms with Gasteiger partial charge in [-0.3, -0.25) is 9.69 Å². The van der Waals surface area contributed by atoms with Crippen molar-refractivity contribution in [3.63, 3.8) is 0 Å². The molecule has 2 saturated heterocycles. The molecule has 1 N–H and O–H groups in total. The molecule has 5 rings (SSSR count). The number of rotatable bonds is 6. The van der Waals surface area contributed by atoms with E-state index in [9.17, 15) is 14.7 Å². The predicted octanol–water partition coefficient (Wildman–Crippen LogP) is 2.95. The molecule has 3 aliphatic rings. The van der Waals surface area contributed by atoms with Crippen molar-refractivity contribution in [3.8, 4) is 5.75 Å². The van der Waals surface area contributed by atoms with Crippen molar-refractivity contribution < 1.29 is 19.4 Å². The van der Waals surface area contributed by atoms with Crippen LogP contribution >= 0.6 is 0 Å². The van der Waals surface area contributed by atoms with Crippen molar-refractivity contribution in [2.75, 3.05) is 19.8 Å². The van der Waals surface area contributed by atoms with Gasteiger partial charge in [0.15, 0.2) is 0 Å². The summed E-state index contributed by atoms with van der Waals surface area (Å²) in [6, 6.07) is 12.7. The van der Waals surface area contributed by atoms with Crippen LogP contribution in [0.2, 0.25) is 0 Å². The standard InChI is InChI=1S/C21H24N2O5.C2H6/c1-22-8-7-17(9-18(22)25)28-15-20-11-21(12-20,14-24)23(13-20)19(26)27-10-16-5-3-2-4-6-16;1-2/h2-9,24H,10-15H2,1H3;1-2H3. The summed E-state index contributed by atoms with van der Waals surface area (Å²) in [5.74, 6) is 0.518. The molecule has 0 atom stereocenters. The topological polar surface area (TPSA) is 81.0 Å². The summed E-state index contributed by atoms with van der Waals surface area (Å²) >= 11 is 0. The van der Waals surface area contributed by atoms with Crippen LogP contribution in [0.5, 0.6) is 5.75 Å². The molecule has 2 bridgehead atoms. The summed E-state index contributed by atoms with van der Waals surface area (Å²) in [7, 11) is 1.68. The largest absolute Gasteiger partial charge is 0.493 e. The fourth-order valence-corrected chi connectivity index (χ4v) is 4.41. The minimum atomic E-state index is -0.566. The Hall–Kier alpha value is -2.80. The maximum atomic E-state index is 12.6. The third kappa shape index (κ3) is 4.21. The van der Waals surface area contributed by atoms with Crippen LogP contribution in [0, 0.1) is 5.41 Å². The second kappa shape index (κ2) is 8.92. The first kappa shape index (κ1) is 21.9. The number of aromatic nitrogens is 1. The normalized spacial score (nSPS) is 23.8. The van der Waals surface area contributed by atoms with Crippen LogP contribution in [0.1, 0.15) is 32.3 Å². The van der Waals surface area contributed by atoms with Crippen molar-refractivity contribution in [3.05, 3.63) is 64.6 Å². The number of fused-ring (bicyclic) bond motifs is 1. The summed E-state index contributed by atoms with van der Waals surface area (Å²) in [5.41, 5.74) is 0.00879. The van der Waals surface area contributed by atoms with E-state index >= 15 is 0 Å². The maximum Gasteiger partial charge on any atom is 0.410 e. The van der Waals surface area contributed by atoms with Crippen LogP contribution in [0.4, 0.5) is 4.79 Å². The molecule has 1 aromatic heterocycles. The first-order chi connectivity index (χ1) is 14.5. The molecule has 1 amide bonds. The van der Waals surface area contributed by atoms with Gasteiger partial charge in [0.1, 0.15) is 12.4 Å². The van der Waals surface area contributed by atoms with Crippen LogP contribution < -0.4 is 10.3 Å². The molecule has 0 spiro atoms. The summed E-state index contributed by atoms with van der Waals surface area (Å²) in [4.78, 5) is 26.0. The van der Waals surface area contributed by atoms with Gasteiger partial charge in [0.25, 0.3) is 5.56 Å². The third-order valence-electron chi connectivity index (χ3n) is 5.81. The number of pyridine rings is 1. The van der Waals surface area contributed by atoms with Crippen LogP contribution in [0.15, 0.2) is 53.5 Å². The lowest BCUT2D eigenvalue weighted by Gasteiger charge is -2.45.